The van der Waals surface area contributed by atoms with Crippen LogP contribution in [-0.4, -0.2) is 40.4 Å². The Morgan fingerprint density at radius 1 is 1.24 bits per heavy atom. The molecule has 2 aliphatic heterocycles. The summed E-state index contributed by atoms with van der Waals surface area (Å²) in [5.74, 6) is 1.58. The zero-order valence-electron chi connectivity index (χ0n) is 14.0. The summed E-state index contributed by atoms with van der Waals surface area (Å²) in [4.78, 5) is 27.1. The monoisotopic (exact) mass is 420 g/mol. The molecule has 0 saturated carbocycles. The van der Waals surface area contributed by atoms with E-state index < -0.39 is 0 Å². The van der Waals surface area contributed by atoms with E-state index in [1.165, 1.54) is 10.4 Å². The summed E-state index contributed by atoms with van der Waals surface area (Å²) in [6, 6.07) is 2.16. The lowest BCUT2D eigenvalue weighted by Crippen LogP contribution is -2.39. The number of rotatable bonds is 3. The van der Waals surface area contributed by atoms with Gasteiger partial charge in [-0.3, -0.25) is 4.79 Å². The van der Waals surface area contributed by atoms with Gasteiger partial charge in [0.2, 0.25) is 11.9 Å². The SMILES string of the molecule is O=C(CC1CCN(c2ncc(Br)cn2)CC1)N1CCc2sccc2C1. The number of amides is 1. The van der Waals surface area contributed by atoms with Crippen molar-refractivity contribution in [3.05, 3.63) is 38.8 Å². The molecule has 1 saturated heterocycles. The Morgan fingerprint density at radius 2 is 2.00 bits per heavy atom. The van der Waals surface area contributed by atoms with E-state index in [0.717, 1.165) is 55.9 Å². The number of hydrogen-bond donors (Lipinski definition) is 0. The summed E-state index contributed by atoms with van der Waals surface area (Å²) in [7, 11) is 0. The summed E-state index contributed by atoms with van der Waals surface area (Å²) >= 11 is 5.18. The van der Waals surface area contributed by atoms with E-state index in [9.17, 15) is 4.79 Å². The van der Waals surface area contributed by atoms with E-state index in [2.05, 4.69) is 42.2 Å². The Hall–Kier alpha value is -1.47. The predicted octanol–water partition coefficient (Wildman–Crippen LogP) is 3.49. The average Bonchev–Trinajstić information content (AvgIpc) is 3.11. The molecule has 0 bridgehead atoms. The van der Waals surface area contributed by atoms with Crippen molar-refractivity contribution in [3.63, 3.8) is 0 Å². The van der Waals surface area contributed by atoms with Crippen molar-refractivity contribution in [1.82, 2.24) is 14.9 Å². The number of fused-ring (bicyclic) bond motifs is 1. The van der Waals surface area contributed by atoms with Crippen LogP contribution in [0.25, 0.3) is 0 Å². The quantitative estimate of drug-likeness (QED) is 0.762. The molecule has 0 spiro atoms. The van der Waals surface area contributed by atoms with Gasteiger partial charge in [0.05, 0.1) is 4.47 Å². The lowest BCUT2D eigenvalue weighted by molar-refractivity contribution is -0.133. The minimum atomic E-state index is 0.315. The van der Waals surface area contributed by atoms with Gasteiger partial charge >= 0.3 is 0 Å². The molecule has 0 atom stereocenters. The van der Waals surface area contributed by atoms with Crippen LogP contribution < -0.4 is 4.90 Å². The van der Waals surface area contributed by atoms with Crippen molar-refractivity contribution in [1.29, 1.82) is 0 Å². The van der Waals surface area contributed by atoms with Gasteiger partial charge < -0.3 is 9.80 Å². The van der Waals surface area contributed by atoms with Gasteiger partial charge in [-0.25, -0.2) is 9.97 Å². The molecule has 4 rings (SSSR count). The summed E-state index contributed by atoms with van der Waals surface area (Å²) in [5, 5.41) is 2.14. The van der Waals surface area contributed by atoms with Gasteiger partial charge in [0.25, 0.3) is 0 Å². The number of carbonyl (C=O) groups excluding carboxylic acids is 1. The van der Waals surface area contributed by atoms with Crippen LogP contribution >= 0.6 is 27.3 Å². The van der Waals surface area contributed by atoms with Crippen LogP contribution in [0.15, 0.2) is 28.3 Å². The lowest BCUT2D eigenvalue weighted by Gasteiger charge is -2.33. The Balaban J connectivity index is 1.28. The van der Waals surface area contributed by atoms with Crippen LogP contribution in [0.5, 0.6) is 0 Å². The summed E-state index contributed by atoms with van der Waals surface area (Å²) in [6.45, 7) is 3.52. The van der Waals surface area contributed by atoms with Gasteiger partial charge in [0.15, 0.2) is 0 Å². The van der Waals surface area contributed by atoms with E-state index in [1.54, 1.807) is 12.4 Å². The molecule has 4 heterocycles. The molecule has 0 aliphatic carbocycles. The van der Waals surface area contributed by atoms with Gasteiger partial charge in [-0.05, 0) is 58.1 Å². The third-order valence-electron chi connectivity index (χ3n) is 5.13. The standard InChI is InChI=1S/C18H21BrN4OS/c19-15-10-20-18(21-11-15)22-5-1-13(2-6-22)9-17(24)23-7-3-16-14(12-23)4-8-25-16/h4,8,10-11,13H,1-3,5-7,9,12H2. The predicted molar refractivity (Wildman–Crippen MR) is 103 cm³/mol. The average molecular weight is 421 g/mol. The molecule has 25 heavy (non-hydrogen) atoms. The Labute approximate surface area is 160 Å². The number of nitrogens with zero attached hydrogens (tertiary/aromatic N) is 4. The second-order valence-electron chi connectivity index (χ2n) is 6.77. The van der Waals surface area contributed by atoms with Crippen LogP contribution in [0, 0.1) is 5.92 Å². The highest BCUT2D eigenvalue weighted by molar-refractivity contribution is 9.10. The fourth-order valence-corrected chi connectivity index (χ4v) is 4.74. The van der Waals surface area contributed by atoms with Crippen LogP contribution in [0.1, 0.15) is 29.7 Å². The normalized spacial score (nSPS) is 18.3. The minimum Gasteiger partial charge on any atom is -0.341 e. The first-order valence-corrected chi connectivity index (χ1v) is 10.4. The van der Waals surface area contributed by atoms with Crippen molar-refractivity contribution in [2.24, 2.45) is 5.92 Å². The molecule has 2 aromatic rings. The van der Waals surface area contributed by atoms with Crippen LogP contribution in [0.4, 0.5) is 5.95 Å². The van der Waals surface area contributed by atoms with Crippen LogP contribution in [-0.2, 0) is 17.8 Å². The fourth-order valence-electron chi connectivity index (χ4n) is 3.64. The zero-order chi connectivity index (χ0) is 17.2. The summed E-state index contributed by atoms with van der Waals surface area (Å²) < 4.78 is 0.895. The molecule has 1 fully saturated rings. The number of hydrogen-bond acceptors (Lipinski definition) is 5. The second kappa shape index (κ2) is 7.41. The molecule has 1 amide bonds. The third kappa shape index (κ3) is 3.87. The number of carbonyl (C=O) groups is 1. The highest BCUT2D eigenvalue weighted by Crippen LogP contribution is 2.27. The van der Waals surface area contributed by atoms with Gasteiger partial charge in [-0.1, -0.05) is 0 Å². The number of piperidine rings is 1. The highest BCUT2D eigenvalue weighted by Gasteiger charge is 2.27. The molecule has 5 nitrogen and oxygen atoms in total. The maximum absolute atomic E-state index is 12.7. The zero-order valence-corrected chi connectivity index (χ0v) is 16.4. The first-order valence-electron chi connectivity index (χ1n) is 8.74. The third-order valence-corrected chi connectivity index (χ3v) is 6.56. The first-order chi connectivity index (χ1) is 12.2. The van der Waals surface area contributed by atoms with Crippen molar-refractivity contribution in [2.75, 3.05) is 24.5 Å². The fraction of sp³-hybridized carbons (Fsp3) is 0.500. The maximum Gasteiger partial charge on any atom is 0.225 e. The number of halogens is 1. The molecule has 0 radical (unpaired) electrons. The van der Waals surface area contributed by atoms with E-state index >= 15 is 0 Å². The maximum atomic E-state index is 12.7. The molecule has 2 aromatic heterocycles. The molecule has 0 unspecified atom stereocenters. The summed E-state index contributed by atoms with van der Waals surface area (Å²) in [5.41, 5.74) is 1.34. The van der Waals surface area contributed by atoms with E-state index in [-0.39, 0.29) is 0 Å². The Kier molecular flexibility index (Phi) is 5.03. The molecular formula is C18H21BrN4OS. The Morgan fingerprint density at radius 3 is 2.76 bits per heavy atom. The molecule has 2 aliphatic rings. The number of anilines is 1. The summed E-state index contributed by atoms with van der Waals surface area (Å²) in [6.07, 6.45) is 7.32. The van der Waals surface area contributed by atoms with Crippen molar-refractivity contribution < 1.29 is 4.79 Å². The molecule has 132 valence electrons. The van der Waals surface area contributed by atoms with Crippen molar-refractivity contribution in [2.45, 2.75) is 32.2 Å². The van der Waals surface area contributed by atoms with Crippen molar-refractivity contribution in [3.8, 4) is 0 Å². The lowest BCUT2D eigenvalue weighted by atomic mass is 9.92. The Bertz CT molecular complexity index is 740. The van der Waals surface area contributed by atoms with Gasteiger partial charge in [-0.2, -0.15) is 0 Å². The second-order valence-corrected chi connectivity index (χ2v) is 8.69. The largest absolute Gasteiger partial charge is 0.341 e. The van der Waals surface area contributed by atoms with E-state index in [1.807, 2.05) is 16.2 Å². The van der Waals surface area contributed by atoms with Gasteiger partial charge in [0, 0.05) is 49.9 Å². The molecular weight excluding hydrogens is 400 g/mol. The topological polar surface area (TPSA) is 49.3 Å². The smallest absolute Gasteiger partial charge is 0.225 e. The van der Waals surface area contributed by atoms with E-state index in [4.69, 9.17) is 0 Å². The van der Waals surface area contributed by atoms with E-state index in [0.29, 0.717) is 18.2 Å². The molecule has 0 aromatic carbocycles. The number of thiophene rings is 1. The highest BCUT2D eigenvalue weighted by atomic mass is 79.9. The van der Waals surface area contributed by atoms with Crippen LogP contribution in [0.2, 0.25) is 0 Å². The minimum absolute atomic E-state index is 0.315. The number of aromatic nitrogens is 2. The van der Waals surface area contributed by atoms with Crippen LogP contribution in [0.3, 0.4) is 0 Å². The van der Waals surface area contributed by atoms with Gasteiger partial charge in [-0.15, -0.1) is 11.3 Å². The van der Waals surface area contributed by atoms with Gasteiger partial charge in [0.1, 0.15) is 0 Å². The molecule has 0 N–H and O–H groups in total. The first kappa shape index (κ1) is 17.0. The molecule has 7 heteroatoms. The van der Waals surface area contributed by atoms with Crippen molar-refractivity contribution >= 4 is 39.1 Å².